The lowest BCUT2D eigenvalue weighted by atomic mass is 9.92. The topological polar surface area (TPSA) is 72.4 Å². The fraction of sp³-hybridized carbons (Fsp3) is 0.333. The SMILES string of the molecule is Cc1cc(CN(C)C(=O)C(C)(N)c2ccc(Br)cc2)no1. The highest BCUT2D eigenvalue weighted by Crippen LogP contribution is 2.23. The predicted molar refractivity (Wildman–Crippen MR) is 83.4 cm³/mol. The first kappa shape index (κ1) is 15.7. The van der Waals surface area contributed by atoms with Gasteiger partial charge in [-0.3, -0.25) is 4.79 Å². The summed E-state index contributed by atoms with van der Waals surface area (Å²) in [6.45, 7) is 3.88. The maximum absolute atomic E-state index is 12.6. The lowest BCUT2D eigenvalue weighted by molar-refractivity contribution is -0.136. The van der Waals surface area contributed by atoms with Gasteiger partial charge in [-0.25, -0.2) is 0 Å². The van der Waals surface area contributed by atoms with Crippen LogP contribution in [0.15, 0.2) is 39.3 Å². The van der Waals surface area contributed by atoms with Gasteiger partial charge < -0.3 is 15.2 Å². The highest BCUT2D eigenvalue weighted by atomic mass is 79.9. The second kappa shape index (κ2) is 5.99. The van der Waals surface area contributed by atoms with Crippen molar-refractivity contribution in [2.24, 2.45) is 5.73 Å². The van der Waals surface area contributed by atoms with Crippen LogP contribution in [0.2, 0.25) is 0 Å². The summed E-state index contributed by atoms with van der Waals surface area (Å²) in [7, 11) is 1.70. The van der Waals surface area contributed by atoms with Crippen LogP contribution in [0.3, 0.4) is 0 Å². The molecule has 2 rings (SSSR count). The Hall–Kier alpha value is -1.66. The lowest BCUT2D eigenvalue weighted by Crippen LogP contribution is -2.49. The minimum Gasteiger partial charge on any atom is -0.361 e. The van der Waals surface area contributed by atoms with E-state index in [4.69, 9.17) is 10.3 Å². The molecule has 2 N–H and O–H groups in total. The summed E-state index contributed by atoms with van der Waals surface area (Å²) in [5.74, 6) is 0.541. The molecule has 1 amide bonds. The van der Waals surface area contributed by atoms with Crippen molar-refractivity contribution in [1.29, 1.82) is 0 Å². The molecule has 0 saturated carbocycles. The highest BCUT2D eigenvalue weighted by Gasteiger charge is 2.33. The molecule has 1 unspecified atom stereocenters. The molecule has 5 nitrogen and oxygen atoms in total. The van der Waals surface area contributed by atoms with E-state index in [1.807, 2.05) is 31.2 Å². The average Bonchev–Trinajstić information content (AvgIpc) is 2.83. The fourth-order valence-electron chi connectivity index (χ4n) is 2.12. The Bertz CT molecular complexity index is 635. The van der Waals surface area contributed by atoms with Crippen LogP contribution in [-0.2, 0) is 16.9 Å². The third-order valence-electron chi connectivity index (χ3n) is 3.31. The van der Waals surface area contributed by atoms with Crippen molar-refractivity contribution < 1.29 is 9.32 Å². The first-order chi connectivity index (χ1) is 9.80. The Balaban J connectivity index is 2.15. The number of nitrogens with zero attached hydrogens (tertiary/aromatic N) is 2. The Morgan fingerprint density at radius 3 is 2.57 bits per heavy atom. The van der Waals surface area contributed by atoms with Crippen LogP contribution in [0.4, 0.5) is 0 Å². The molecule has 1 atom stereocenters. The third kappa shape index (κ3) is 3.51. The van der Waals surface area contributed by atoms with E-state index in [0.29, 0.717) is 18.0 Å². The van der Waals surface area contributed by atoms with Gasteiger partial charge in [0.05, 0.1) is 6.54 Å². The van der Waals surface area contributed by atoms with Crippen molar-refractivity contribution in [3.63, 3.8) is 0 Å². The molecule has 112 valence electrons. The molecule has 0 fully saturated rings. The lowest BCUT2D eigenvalue weighted by Gasteiger charge is -2.29. The molecule has 1 aromatic heterocycles. The number of amides is 1. The van der Waals surface area contributed by atoms with Crippen molar-refractivity contribution in [3.05, 3.63) is 51.8 Å². The molecule has 21 heavy (non-hydrogen) atoms. The number of aromatic nitrogens is 1. The third-order valence-corrected chi connectivity index (χ3v) is 3.84. The van der Waals surface area contributed by atoms with E-state index in [1.165, 1.54) is 0 Å². The van der Waals surface area contributed by atoms with Crippen molar-refractivity contribution in [2.45, 2.75) is 25.9 Å². The van der Waals surface area contributed by atoms with Crippen LogP contribution in [-0.4, -0.2) is 23.0 Å². The molecule has 2 aromatic rings. The van der Waals surface area contributed by atoms with Gasteiger partial charge in [0.2, 0.25) is 5.91 Å². The van der Waals surface area contributed by atoms with E-state index in [9.17, 15) is 4.79 Å². The van der Waals surface area contributed by atoms with Gasteiger partial charge in [0.1, 0.15) is 17.0 Å². The van der Waals surface area contributed by atoms with Crippen molar-refractivity contribution in [1.82, 2.24) is 10.1 Å². The number of halogens is 1. The number of rotatable bonds is 4. The van der Waals surface area contributed by atoms with Crippen LogP contribution < -0.4 is 5.73 Å². The largest absolute Gasteiger partial charge is 0.361 e. The maximum atomic E-state index is 12.6. The van der Waals surface area contributed by atoms with Crippen molar-refractivity contribution in [3.8, 4) is 0 Å². The van der Waals surface area contributed by atoms with E-state index < -0.39 is 5.54 Å². The number of carbonyl (C=O) groups is 1. The normalized spacial score (nSPS) is 13.8. The van der Waals surface area contributed by atoms with E-state index in [2.05, 4.69) is 21.1 Å². The van der Waals surface area contributed by atoms with E-state index in [0.717, 1.165) is 10.0 Å². The minimum atomic E-state index is -1.09. The van der Waals surface area contributed by atoms with Crippen LogP contribution in [0.1, 0.15) is 23.9 Å². The summed E-state index contributed by atoms with van der Waals surface area (Å²) >= 11 is 3.37. The zero-order valence-corrected chi connectivity index (χ0v) is 13.8. The van der Waals surface area contributed by atoms with Crippen LogP contribution in [0.5, 0.6) is 0 Å². The standard InChI is InChI=1S/C15H18BrN3O2/c1-10-8-13(18-21-10)9-19(3)14(20)15(2,17)11-4-6-12(16)7-5-11/h4-8H,9,17H2,1-3H3. The maximum Gasteiger partial charge on any atom is 0.247 e. The molecule has 0 aliphatic heterocycles. The van der Waals surface area contributed by atoms with E-state index >= 15 is 0 Å². The summed E-state index contributed by atoms with van der Waals surface area (Å²) in [4.78, 5) is 14.1. The summed E-state index contributed by atoms with van der Waals surface area (Å²) in [6.07, 6.45) is 0. The van der Waals surface area contributed by atoms with Crippen LogP contribution >= 0.6 is 15.9 Å². The van der Waals surface area contributed by atoms with Gasteiger partial charge in [0, 0.05) is 17.6 Å². The quantitative estimate of drug-likeness (QED) is 0.918. The molecule has 0 saturated heterocycles. The van der Waals surface area contributed by atoms with Crippen LogP contribution in [0.25, 0.3) is 0 Å². The number of hydrogen-bond donors (Lipinski definition) is 1. The molecule has 1 heterocycles. The molecular weight excluding hydrogens is 334 g/mol. The smallest absolute Gasteiger partial charge is 0.247 e. The zero-order chi connectivity index (χ0) is 15.6. The molecular formula is C15H18BrN3O2. The number of aryl methyl sites for hydroxylation is 1. The van der Waals surface area contributed by atoms with Crippen LogP contribution in [0, 0.1) is 6.92 Å². The first-order valence-corrected chi connectivity index (χ1v) is 7.32. The van der Waals surface area contributed by atoms with E-state index in [-0.39, 0.29) is 5.91 Å². The fourth-order valence-corrected chi connectivity index (χ4v) is 2.39. The summed E-state index contributed by atoms with van der Waals surface area (Å²) in [5.41, 5.74) is 6.62. The van der Waals surface area contributed by atoms with Gasteiger partial charge in [-0.05, 0) is 31.5 Å². The number of likely N-dealkylation sites (N-methyl/N-ethyl adjacent to an activating group) is 1. The minimum absolute atomic E-state index is 0.175. The second-order valence-electron chi connectivity index (χ2n) is 5.30. The monoisotopic (exact) mass is 351 g/mol. The molecule has 0 spiro atoms. The van der Waals surface area contributed by atoms with Crippen molar-refractivity contribution >= 4 is 21.8 Å². The van der Waals surface area contributed by atoms with Gasteiger partial charge >= 0.3 is 0 Å². The number of nitrogens with two attached hydrogens (primary N) is 1. The Morgan fingerprint density at radius 1 is 1.43 bits per heavy atom. The summed E-state index contributed by atoms with van der Waals surface area (Å²) in [6, 6.07) is 9.23. The zero-order valence-electron chi connectivity index (χ0n) is 12.3. The number of carbonyl (C=O) groups excluding carboxylic acids is 1. The first-order valence-electron chi connectivity index (χ1n) is 6.53. The van der Waals surface area contributed by atoms with Gasteiger partial charge in [0.25, 0.3) is 0 Å². The van der Waals surface area contributed by atoms with E-state index in [1.54, 1.807) is 24.9 Å². The van der Waals surface area contributed by atoms with Gasteiger partial charge in [-0.15, -0.1) is 0 Å². The molecule has 0 bridgehead atoms. The molecule has 0 aliphatic rings. The summed E-state index contributed by atoms with van der Waals surface area (Å²) in [5, 5.41) is 3.89. The van der Waals surface area contributed by atoms with Crippen molar-refractivity contribution in [2.75, 3.05) is 7.05 Å². The molecule has 1 aromatic carbocycles. The predicted octanol–water partition coefficient (Wildman–Crippen LogP) is 2.58. The number of benzene rings is 1. The van der Waals surface area contributed by atoms with Gasteiger partial charge in [0.15, 0.2) is 0 Å². The second-order valence-corrected chi connectivity index (χ2v) is 6.22. The Kier molecular flexibility index (Phi) is 4.49. The van der Waals surface area contributed by atoms with Gasteiger partial charge in [-0.1, -0.05) is 33.2 Å². The average molecular weight is 352 g/mol. The number of hydrogen-bond acceptors (Lipinski definition) is 4. The molecule has 6 heteroatoms. The highest BCUT2D eigenvalue weighted by molar-refractivity contribution is 9.10. The molecule has 0 aliphatic carbocycles. The van der Waals surface area contributed by atoms with Gasteiger partial charge in [-0.2, -0.15) is 0 Å². The Labute approximate surface area is 132 Å². The summed E-state index contributed by atoms with van der Waals surface area (Å²) < 4.78 is 5.95. The Morgan fingerprint density at radius 2 is 2.05 bits per heavy atom. The molecule has 0 radical (unpaired) electrons.